The maximum atomic E-state index is 14.6. The van der Waals surface area contributed by atoms with Gasteiger partial charge in [0.05, 0.1) is 20.6 Å². The summed E-state index contributed by atoms with van der Waals surface area (Å²) in [6, 6.07) is 26.8. The van der Waals surface area contributed by atoms with Crippen LogP contribution in [0.3, 0.4) is 0 Å². The van der Waals surface area contributed by atoms with E-state index in [0.29, 0.717) is 27.7 Å². The van der Waals surface area contributed by atoms with E-state index in [1.165, 1.54) is 17.0 Å². The van der Waals surface area contributed by atoms with Gasteiger partial charge in [-0.3, -0.25) is 13.9 Å². The third kappa shape index (κ3) is 8.90. The zero-order valence-corrected chi connectivity index (χ0v) is 28.7. The summed E-state index contributed by atoms with van der Waals surface area (Å²) in [6.07, 6.45) is 0.909. The lowest BCUT2D eigenvalue weighted by Crippen LogP contribution is -2.54. The smallest absolute Gasteiger partial charge is 0.264 e. The number of carbonyl (C=O) groups excluding carboxylic acids is 2. The van der Waals surface area contributed by atoms with E-state index in [-0.39, 0.29) is 29.8 Å². The van der Waals surface area contributed by atoms with Gasteiger partial charge in [-0.25, -0.2) is 8.42 Å². The highest BCUT2D eigenvalue weighted by atomic mass is 35.5. The predicted molar refractivity (Wildman–Crippen MR) is 186 cm³/mol. The molecule has 10 heteroatoms. The monoisotopic (exact) mass is 679 g/mol. The van der Waals surface area contributed by atoms with Crippen LogP contribution in [0.5, 0.6) is 0 Å². The number of rotatable bonds is 13. The number of nitrogens with zero attached hydrogens (tertiary/aromatic N) is 2. The number of benzene rings is 4. The lowest BCUT2D eigenvalue weighted by atomic mass is 10.0. The molecule has 2 amide bonds. The largest absolute Gasteiger partial charge is 0.352 e. The molecule has 0 aromatic heterocycles. The van der Waals surface area contributed by atoms with Crippen molar-refractivity contribution in [1.82, 2.24) is 10.2 Å². The van der Waals surface area contributed by atoms with Crippen LogP contribution in [0.25, 0.3) is 0 Å². The minimum atomic E-state index is -4.18. The molecule has 0 aliphatic carbocycles. The molecular formula is C36H39Cl2N3O4S. The van der Waals surface area contributed by atoms with Crippen LogP contribution in [0.4, 0.5) is 5.69 Å². The van der Waals surface area contributed by atoms with Crippen LogP contribution in [0.15, 0.2) is 102 Å². The molecule has 0 spiro atoms. The molecule has 0 unspecified atom stereocenters. The zero-order valence-electron chi connectivity index (χ0n) is 26.4. The van der Waals surface area contributed by atoms with Crippen molar-refractivity contribution in [2.75, 3.05) is 10.8 Å². The van der Waals surface area contributed by atoms with E-state index in [0.717, 1.165) is 21.0 Å². The van der Waals surface area contributed by atoms with Crippen LogP contribution >= 0.6 is 23.2 Å². The van der Waals surface area contributed by atoms with Crippen LogP contribution in [-0.2, 0) is 32.6 Å². The third-order valence-corrected chi connectivity index (χ3v) is 10.3. The second kappa shape index (κ2) is 15.6. The van der Waals surface area contributed by atoms with Gasteiger partial charge in [-0.2, -0.15) is 0 Å². The van der Waals surface area contributed by atoms with E-state index in [4.69, 9.17) is 23.2 Å². The maximum absolute atomic E-state index is 14.6. The summed E-state index contributed by atoms with van der Waals surface area (Å²) in [6.45, 7) is 7.04. The number of halogens is 2. The van der Waals surface area contributed by atoms with Gasteiger partial charge in [-0.15, -0.1) is 0 Å². The number of hydrogen-bond acceptors (Lipinski definition) is 4. The fourth-order valence-electron chi connectivity index (χ4n) is 4.98. The predicted octanol–water partition coefficient (Wildman–Crippen LogP) is 7.36. The Hall–Kier alpha value is -3.85. The Labute approximate surface area is 282 Å². The number of sulfonamides is 1. The van der Waals surface area contributed by atoms with Crippen molar-refractivity contribution in [2.45, 2.75) is 64.1 Å². The molecule has 242 valence electrons. The Kier molecular flexibility index (Phi) is 11.9. The molecule has 0 aliphatic rings. The number of anilines is 1. The molecule has 0 bridgehead atoms. The van der Waals surface area contributed by atoms with Gasteiger partial charge in [0.2, 0.25) is 11.8 Å². The highest BCUT2D eigenvalue weighted by Crippen LogP contribution is 2.27. The summed E-state index contributed by atoms with van der Waals surface area (Å²) < 4.78 is 29.5. The summed E-state index contributed by atoms with van der Waals surface area (Å²) in [5.41, 5.74) is 3.56. The topological polar surface area (TPSA) is 86.8 Å². The molecule has 4 rings (SSSR count). The molecule has 0 fully saturated rings. The SMILES string of the molecule is CC[C@H](C)NC(=O)[C@H](Cc1ccccc1)N(Cc1ccc(Cl)c(Cl)c1)C(=O)CN(c1cccc(C)c1)S(=O)(=O)c1ccc(C)cc1. The van der Waals surface area contributed by atoms with E-state index in [2.05, 4.69) is 5.32 Å². The fraction of sp³-hybridized carbons (Fsp3) is 0.278. The van der Waals surface area contributed by atoms with Gasteiger partial charge in [0.15, 0.2) is 0 Å². The van der Waals surface area contributed by atoms with E-state index < -0.39 is 28.5 Å². The van der Waals surface area contributed by atoms with Crippen LogP contribution in [0.2, 0.25) is 10.0 Å². The molecule has 2 atom stereocenters. The molecule has 4 aromatic carbocycles. The molecular weight excluding hydrogens is 641 g/mol. The second-order valence-electron chi connectivity index (χ2n) is 11.5. The normalized spacial score (nSPS) is 12.7. The lowest BCUT2D eigenvalue weighted by molar-refractivity contribution is -0.140. The standard InChI is InChI=1S/C36H39Cl2N3O4S/c1-5-27(4)39-36(43)34(22-28-11-7-6-8-12-28)40(23-29-16-19-32(37)33(38)21-29)35(42)24-41(30-13-9-10-26(3)20-30)46(44,45)31-17-14-25(2)15-18-31/h6-21,27,34H,5,22-24H2,1-4H3,(H,39,43)/t27-,34-/m0/s1. The third-order valence-electron chi connectivity index (χ3n) is 7.79. The van der Waals surface area contributed by atoms with Crippen LogP contribution in [0, 0.1) is 13.8 Å². The van der Waals surface area contributed by atoms with Crippen molar-refractivity contribution in [3.05, 3.63) is 129 Å². The van der Waals surface area contributed by atoms with E-state index in [9.17, 15) is 18.0 Å². The highest BCUT2D eigenvalue weighted by molar-refractivity contribution is 7.92. The van der Waals surface area contributed by atoms with Gasteiger partial charge >= 0.3 is 0 Å². The molecule has 0 saturated carbocycles. The molecule has 0 saturated heterocycles. The summed E-state index contributed by atoms with van der Waals surface area (Å²) in [5.74, 6) is -0.890. The molecule has 0 heterocycles. The van der Waals surface area contributed by atoms with Gasteiger partial charge < -0.3 is 10.2 Å². The molecule has 4 aromatic rings. The number of hydrogen-bond donors (Lipinski definition) is 1. The molecule has 0 aliphatic heterocycles. The lowest BCUT2D eigenvalue weighted by Gasteiger charge is -2.34. The van der Waals surface area contributed by atoms with Crippen molar-refractivity contribution in [3.8, 4) is 0 Å². The fourth-order valence-corrected chi connectivity index (χ4v) is 6.71. The van der Waals surface area contributed by atoms with E-state index in [1.807, 2.05) is 64.1 Å². The van der Waals surface area contributed by atoms with Crippen LogP contribution < -0.4 is 9.62 Å². The Morgan fingerprint density at radius 3 is 2.13 bits per heavy atom. The first-order chi connectivity index (χ1) is 21.9. The van der Waals surface area contributed by atoms with Crippen molar-refractivity contribution in [1.29, 1.82) is 0 Å². The minimum Gasteiger partial charge on any atom is -0.352 e. The number of amides is 2. The summed E-state index contributed by atoms with van der Waals surface area (Å²) in [5, 5.41) is 3.69. The molecule has 0 radical (unpaired) electrons. The van der Waals surface area contributed by atoms with Gasteiger partial charge in [0, 0.05) is 19.0 Å². The van der Waals surface area contributed by atoms with E-state index in [1.54, 1.807) is 48.5 Å². The van der Waals surface area contributed by atoms with Crippen molar-refractivity contribution in [3.63, 3.8) is 0 Å². The van der Waals surface area contributed by atoms with Gasteiger partial charge in [-0.05, 0) is 80.3 Å². The average Bonchev–Trinajstić information content (AvgIpc) is 3.03. The van der Waals surface area contributed by atoms with Gasteiger partial charge in [0.25, 0.3) is 10.0 Å². The molecule has 7 nitrogen and oxygen atoms in total. The number of carbonyl (C=O) groups is 2. The van der Waals surface area contributed by atoms with Gasteiger partial charge in [0.1, 0.15) is 12.6 Å². The Morgan fingerprint density at radius 1 is 0.804 bits per heavy atom. The first-order valence-electron chi connectivity index (χ1n) is 15.1. The summed E-state index contributed by atoms with van der Waals surface area (Å²) in [7, 11) is -4.18. The van der Waals surface area contributed by atoms with Crippen molar-refractivity contribution < 1.29 is 18.0 Å². The molecule has 46 heavy (non-hydrogen) atoms. The second-order valence-corrected chi connectivity index (χ2v) is 14.1. The quantitative estimate of drug-likeness (QED) is 0.160. The van der Waals surface area contributed by atoms with E-state index >= 15 is 0 Å². The highest BCUT2D eigenvalue weighted by Gasteiger charge is 2.35. The number of nitrogens with one attached hydrogen (secondary N) is 1. The minimum absolute atomic E-state index is 0.00656. The number of aryl methyl sites for hydroxylation is 2. The Morgan fingerprint density at radius 2 is 1.50 bits per heavy atom. The first-order valence-corrected chi connectivity index (χ1v) is 17.3. The molecule has 1 N–H and O–H groups in total. The average molecular weight is 681 g/mol. The zero-order chi connectivity index (χ0) is 33.4. The van der Waals surface area contributed by atoms with Crippen LogP contribution in [0.1, 0.15) is 42.5 Å². The maximum Gasteiger partial charge on any atom is 0.264 e. The Bertz CT molecular complexity index is 1770. The Balaban J connectivity index is 1.82. The van der Waals surface area contributed by atoms with Crippen LogP contribution in [-0.4, -0.2) is 43.8 Å². The van der Waals surface area contributed by atoms with Crippen molar-refractivity contribution in [2.24, 2.45) is 0 Å². The van der Waals surface area contributed by atoms with Crippen molar-refractivity contribution >= 4 is 50.7 Å². The summed E-state index contributed by atoms with van der Waals surface area (Å²) >= 11 is 12.5. The first kappa shape index (κ1) is 35.0. The van der Waals surface area contributed by atoms with Gasteiger partial charge in [-0.1, -0.05) is 96.4 Å². The summed E-state index contributed by atoms with van der Waals surface area (Å²) in [4.78, 5) is 30.0.